The first-order valence-corrected chi connectivity index (χ1v) is 5.83. The van der Waals surface area contributed by atoms with Gasteiger partial charge in [0.2, 0.25) is 0 Å². The summed E-state index contributed by atoms with van der Waals surface area (Å²) in [6.07, 6.45) is 0.677. The third kappa shape index (κ3) is 1.51. The number of carbonyl (C=O) groups excluding carboxylic acids is 1. The molecule has 2 heterocycles. The number of nitrogens with one attached hydrogen (secondary N) is 1. The van der Waals surface area contributed by atoms with Crippen molar-refractivity contribution in [2.45, 2.75) is 18.1 Å². The van der Waals surface area contributed by atoms with Crippen LogP contribution in [0.15, 0.2) is 18.2 Å². The van der Waals surface area contributed by atoms with Crippen LogP contribution in [0.25, 0.3) is 0 Å². The summed E-state index contributed by atoms with van der Waals surface area (Å²) in [6, 6.07) is 5.32. The quantitative estimate of drug-likeness (QED) is 0.811. The molecule has 1 aromatic carbocycles. The molecule has 3 rings (SSSR count). The Hall–Kier alpha value is -1.26. The minimum atomic E-state index is -0.542. The number of fused-ring (bicyclic) bond motifs is 2. The standard InChI is InChI=1S/C12H12ClNO3/c1-16-10-4-7(2-3-8(10)13)12-5-9(14-6-12)11(15)17-12/h2-4,9,14H,5-6H2,1H3. The molecular weight excluding hydrogens is 242 g/mol. The molecule has 2 atom stereocenters. The fraction of sp³-hybridized carbons (Fsp3) is 0.417. The zero-order valence-electron chi connectivity index (χ0n) is 9.33. The second-order valence-corrected chi connectivity index (χ2v) is 4.81. The zero-order valence-corrected chi connectivity index (χ0v) is 10.1. The summed E-state index contributed by atoms with van der Waals surface area (Å²) < 4.78 is 10.7. The van der Waals surface area contributed by atoms with Gasteiger partial charge in [-0.25, -0.2) is 0 Å². The van der Waals surface area contributed by atoms with Crippen LogP contribution < -0.4 is 10.1 Å². The van der Waals surface area contributed by atoms with Gasteiger partial charge >= 0.3 is 5.97 Å². The van der Waals surface area contributed by atoms with Crippen LogP contribution in [0.5, 0.6) is 5.75 Å². The molecule has 4 nitrogen and oxygen atoms in total. The maximum Gasteiger partial charge on any atom is 0.324 e. The van der Waals surface area contributed by atoms with E-state index in [1.165, 1.54) is 0 Å². The summed E-state index contributed by atoms with van der Waals surface area (Å²) >= 11 is 5.98. The van der Waals surface area contributed by atoms with Gasteiger partial charge in [0.15, 0.2) is 5.60 Å². The van der Waals surface area contributed by atoms with E-state index in [0.29, 0.717) is 23.7 Å². The molecule has 2 aliphatic heterocycles. The van der Waals surface area contributed by atoms with E-state index in [4.69, 9.17) is 21.1 Å². The highest BCUT2D eigenvalue weighted by atomic mass is 35.5. The number of rotatable bonds is 2. The van der Waals surface area contributed by atoms with E-state index >= 15 is 0 Å². The first kappa shape index (κ1) is 10.9. The Kier molecular flexibility index (Phi) is 2.31. The minimum absolute atomic E-state index is 0.170. The van der Waals surface area contributed by atoms with E-state index in [1.54, 1.807) is 13.2 Å². The Morgan fingerprint density at radius 1 is 1.59 bits per heavy atom. The molecule has 1 aromatic rings. The predicted molar refractivity (Wildman–Crippen MR) is 62.2 cm³/mol. The third-order valence-electron chi connectivity index (χ3n) is 3.43. The van der Waals surface area contributed by atoms with E-state index in [9.17, 15) is 4.79 Å². The van der Waals surface area contributed by atoms with Crippen LogP contribution in [-0.4, -0.2) is 25.7 Å². The van der Waals surface area contributed by atoms with Crippen LogP contribution in [0, 0.1) is 0 Å². The summed E-state index contributed by atoms with van der Waals surface area (Å²) in [5.74, 6) is 0.426. The van der Waals surface area contributed by atoms with Crippen molar-refractivity contribution in [1.29, 1.82) is 0 Å². The fourth-order valence-electron chi connectivity index (χ4n) is 2.49. The SMILES string of the molecule is COc1cc(C23CNC(C2)C(=O)O3)ccc1Cl. The second-order valence-electron chi connectivity index (χ2n) is 4.40. The lowest BCUT2D eigenvalue weighted by Crippen LogP contribution is -2.40. The van der Waals surface area contributed by atoms with E-state index in [1.807, 2.05) is 12.1 Å². The molecule has 2 bridgehead atoms. The molecular formula is C12H12ClNO3. The Balaban J connectivity index is 2.02. The van der Waals surface area contributed by atoms with Crippen molar-refractivity contribution >= 4 is 17.6 Å². The van der Waals surface area contributed by atoms with Gasteiger partial charge in [0.05, 0.1) is 12.1 Å². The van der Waals surface area contributed by atoms with E-state index in [2.05, 4.69) is 5.32 Å². The molecule has 5 heteroatoms. The van der Waals surface area contributed by atoms with Crippen LogP contribution in [0.2, 0.25) is 5.02 Å². The van der Waals surface area contributed by atoms with Crippen molar-refractivity contribution in [2.24, 2.45) is 0 Å². The van der Waals surface area contributed by atoms with Gasteiger partial charge in [-0.1, -0.05) is 17.7 Å². The predicted octanol–water partition coefficient (Wildman–Crippen LogP) is 1.46. The molecule has 90 valence electrons. The Bertz CT molecular complexity index is 491. The first-order chi connectivity index (χ1) is 8.14. The van der Waals surface area contributed by atoms with Crippen molar-refractivity contribution in [3.05, 3.63) is 28.8 Å². The van der Waals surface area contributed by atoms with Crippen LogP contribution in [0.1, 0.15) is 12.0 Å². The largest absolute Gasteiger partial charge is 0.495 e. The Morgan fingerprint density at radius 3 is 3.00 bits per heavy atom. The lowest BCUT2D eigenvalue weighted by atomic mass is 9.93. The number of hydrogen-bond donors (Lipinski definition) is 1. The molecule has 0 saturated carbocycles. The normalized spacial score (nSPS) is 30.5. The highest BCUT2D eigenvalue weighted by molar-refractivity contribution is 6.32. The number of benzene rings is 1. The number of ether oxygens (including phenoxy) is 2. The molecule has 0 spiro atoms. The Labute approximate surface area is 104 Å². The lowest BCUT2D eigenvalue weighted by molar-refractivity contribution is -0.153. The Morgan fingerprint density at radius 2 is 2.41 bits per heavy atom. The van der Waals surface area contributed by atoms with Crippen molar-refractivity contribution in [3.63, 3.8) is 0 Å². The number of carbonyl (C=O) groups is 1. The smallest absolute Gasteiger partial charge is 0.324 e. The number of methoxy groups -OCH3 is 1. The van der Waals surface area contributed by atoms with Crippen molar-refractivity contribution in [1.82, 2.24) is 5.32 Å². The topological polar surface area (TPSA) is 47.6 Å². The number of esters is 1. The highest BCUT2D eigenvalue weighted by Gasteiger charge is 2.53. The molecule has 2 fully saturated rings. The molecule has 0 aromatic heterocycles. The molecule has 0 aliphatic carbocycles. The number of morpholine rings is 1. The first-order valence-electron chi connectivity index (χ1n) is 5.45. The minimum Gasteiger partial charge on any atom is -0.495 e. The van der Waals surface area contributed by atoms with Crippen molar-refractivity contribution in [2.75, 3.05) is 13.7 Å². The van der Waals surface area contributed by atoms with Gasteiger partial charge in [-0.2, -0.15) is 0 Å². The fourth-order valence-corrected chi connectivity index (χ4v) is 2.69. The average molecular weight is 254 g/mol. The van der Waals surface area contributed by atoms with E-state index in [0.717, 1.165) is 5.56 Å². The number of hydrogen-bond acceptors (Lipinski definition) is 4. The van der Waals surface area contributed by atoms with Gasteiger partial charge in [0, 0.05) is 18.5 Å². The van der Waals surface area contributed by atoms with Crippen LogP contribution >= 0.6 is 11.6 Å². The number of halogens is 1. The maximum atomic E-state index is 11.5. The van der Waals surface area contributed by atoms with Gasteiger partial charge in [-0.05, 0) is 12.1 Å². The van der Waals surface area contributed by atoms with Crippen LogP contribution in [0.3, 0.4) is 0 Å². The molecule has 0 amide bonds. The summed E-state index contributed by atoms with van der Waals surface area (Å²) in [5.41, 5.74) is 0.388. The molecule has 2 unspecified atom stereocenters. The molecule has 1 N–H and O–H groups in total. The van der Waals surface area contributed by atoms with Gasteiger partial charge in [-0.3, -0.25) is 10.1 Å². The van der Waals surface area contributed by atoms with Gasteiger partial charge in [-0.15, -0.1) is 0 Å². The molecule has 0 radical (unpaired) electrons. The van der Waals surface area contributed by atoms with Gasteiger partial charge < -0.3 is 9.47 Å². The van der Waals surface area contributed by atoms with E-state index in [-0.39, 0.29) is 12.0 Å². The summed E-state index contributed by atoms with van der Waals surface area (Å²) in [6.45, 7) is 0.647. The monoisotopic (exact) mass is 253 g/mol. The molecule has 2 aliphatic rings. The van der Waals surface area contributed by atoms with Gasteiger partial charge in [0.1, 0.15) is 11.8 Å². The lowest BCUT2D eigenvalue weighted by Gasteiger charge is -2.27. The van der Waals surface area contributed by atoms with E-state index < -0.39 is 5.60 Å². The molecule has 2 saturated heterocycles. The maximum absolute atomic E-state index is 11.5. The van der Waals surface area contributed by atoms with Crippen LogP contribution in [-0.2, 0) is 15.1 Å². The zero-order chi connectivity index (χ0) is 12.0. The molecule has 17 heavy (non-hydrogen) atoms. The summed E-state index contributed by atoms with van der Waals surface area (Å²) in [5, 5.41) is 3.70. The van der Waals surface area contributed by atoms with Gasteiger partial charge in [0.25, 0.3) is 0 Å². The second kappa shape index (κ2) is 3.62. The summed E-state index contributed by atoms with van der Waals surface area (Å²) in [7, 11) is 1.57. The average Bonchev–Trinajstić information content (AvgIpc) is 2.88. The van der Waals surface area contributed by atoms with Crippen molar-refractivity contribution < 1.29 is 14.3 Å². The third-order valence-corrected chi connectivity index (χ3v) is 3.74. The van der Waals surface area contributed by atoms with Crippen molar-refractivity contribution in [3.8, 4) is 5.75 Å². The van der Waals surface area contributed by atoms with Crippen LogP contribution in [0.4, 0.5) is 0 Å². The highest BCUT2D eigenvalue weighted by Crippen LogP contribution is 2.42. The summed E-state index contributed by atoms with van der Waals surface area (Å²) in [4.78, 5) is 11.5.